The molecule has 0 radical (unpaired) electrons. The van der Waals surface area contributed by atoms with E-state index < -0.39 is 0 Å². The maximum Gasteiger partial charge on any atom is 0.246 e. The molecule has 0 bridgehead atoms. The third kappa shape index (κ3) is 3.61. The van der Waals surface area contributed by atoms with Crippen molar-refractivity contribution < 1.29 is 9.59 Å². The van der Waals surface area contributed by atoms with Crippen LogP contribution in [0.25, 0.3) is 0 Å². The van der Waals surface area contributed by atoms with E-state index in [1.54, 1.807) is 6.07 Å². The first-order chi connectivity index (χ1) is 6.68. The monoisotopic (exact) mass is 194 g/mol. The third-order valence-corrected chi connectivity index (χ3v) is 1.31. The highest BCUT2D eigenvalue weighted by molar-refractivity contribution is 5.92. The summed E-state index contributed by atoms with van der Waals surface area (Å²) in [5.41, 5.74) is 0. The van der Waals surface area contributed by atoms with Crippen LogP contribution in [0.5, 0.6) is 0 Å². The topological polar surface area (TPSA) is 84.0 Å². The number of nitrogens with one attached hydrogen (secondary N) is 2. The van der Waals surface area contributed by atoms with Crippen LogP contribution in [0.2, 0.25) is 0 Å². The average molecular weight is 194 g/mol. The van der Waals surface area contributed by atoms with Gasteiger partial charge in [-0.25, -0.2) is 9.97 Å². The van der Waals surface area contributed by atoms with Gasteiger partial charge < -0.3 is 5.32 Å². The number of carbonyl (C=O) groups is 2. The summed E-state index contributed by atoms with van der Waals surface area (Å²) in [7, 11) is 0. The van der Waals surface area contributed by atoms with Gasteiger partial charge in [0.1, 0.15) is 0 Å². The molecule has 1 heterocycles. The van der Waals surface area contributed by atoms with Crippen LogP contribution in [0.4, 0.5) is 5.95 Å². The minimum absolute atomic E-state index is 0.0758. The highest BCUT2D eigenvalue weighted by atomic mass is 16.2. The van der Waals surface area contributed by atoms with Crippen LogP contribution in [0.15, 0.2) is 18.5 Å². The molecular formula is C8H10N4O2. The van der Waals surface area contributed by atoms with Crippen LogP contribution in [0.3, 0.4) is 0 Å². The number of rotatable bonds is 3. The molecule has 0 aromatic carbocycles. The van der Waals surface area contributed by atoms with Crippen molar-refractivity contribution in [1.82, 2.24) is 15.3 Å². The van der Waals surface area contributed by atoms with E-state index >= 15 is 0 Å². The molecule has 2 N–H and O–H groups in total. The van der Waals surface area contributed by atoms with Gasteiger partial charge in [0.2, 0.25) is 17.8 Å². The largest absolute Gasteiger partial charge is 0.347 e. The van der Waals surface area contributed by atoms with Crippen molar-refractivity contribution in [2.75, 3.05) is 11.9 Å². The Morgan fingerprint density at radius 1 is 1.36 bits per heavy atom. The highest BCUT2D eigenvalue weighted by Gasteiger charge is 2.03. The maximum absolute atomic E-state index is 11.1. The molecule has 0 aliphatic heterocycles. The van der Waals surface area contributed by atoms with E-state index in [0.717, 1.165) is 0 Å². The third-order valence-electron chi connectivity index (χ3n) is 1.31. The van der Waals surface area contributed by atoms with Crippen LogP contribution in [-0.2, 0) is 9.59 Å². The van der Waals surface area contributed by atoms with Crippen LogP contribution in [0, 0.1) is 0 Å². The molecule has 0 spiro atoms. The summed E-state index contributed by atoms with van der Waals surface area (Å²) in [6.45, 7) is 1.26. The van der Waals surface area contributed by atoms with E-state index in [2.05, 4.69) is 20.6 Å². The van der Waals surface area contributed by atoms with E-state index in [-0.39, 0.29) is 24.3 Å². The maximum atomic E-state index is 11.1. The molecule has 1 aromatic rings. The summed E-state index contributed by atoms with van der Waals surface area (Å²) in [6.07, 6.45) is 3.03. The van der Waals surface area contributed by atoms with E-state index in [4.69, 9.17) is 0 Å². The molecule has 2 amide bonds. The molecule has 1 rings (SSSR count). The zero-order chi connectivity index (χ0) is 10.4. The Labute approximate surface area is 80.8 Å². The van der Waals surface area contributed by atoms with Gasteiger partial charge in [-0.15, -0.1) is 0 Å². The molecule has 0 aliphatic rings. The molecule has 6 nitrogen and oxygen atoms in total. The minimum atomic E-state index is -0.355. The predicted molar refractivity (Wildman–Crippen MR) is 49.3 cm³/mol. The lowest BCUT2D eigenvalue weighted by Gasteiger charge is -2.02. The summed E-state index contributed by atoms with van der Waals surface area (Å²) in [5.74, 6) is -0.386. The van der Waals surface area contributed by atoms with Crippen molar-refractivity contribution in [1.29, 1.82) is 0 Å². The van der Waals surface area contributed by atoms with Crippen molar-refractivity contribution in [2.24, 2.45) is 0 Å². The molecular weight excluding hydrogens is 184 g/mol. The zero-order valence-electron chi connectivity index (χ0n) is 7.65. The van der Waals surface area contributed by atoms with E-state index in [0.29, 0.717) is 0 Å². The van der Waals surface area contributed by atoms with Crippen LogP contribution >= 0.6 is 0 Å². The van der Waals surface area contributed by atoms with Crippen LogP contribution in [0.1, 0.15) is 6.92 Å². The number of nitrogens with zero attached hydrogens (tertiary/aromatic N) is 2. The number of anilines is 1. The van der Waals surface area contributed by atoms with Gasteiger partial charge in [-0.2, -0.15) is 0 Å². The molecule has 0 unspecified atom stereocenters. The predicted octanol–water partition coefficient (Wildman–Crippen LogP) is -0.449. The minimum Gasteiger partial charge on any atom is -0.347 e. The van der Waals surface area contributed by atoms with Crippen molar-refractivity contribution in [3.05, 3.63) is 18.5 Å². The zero-order valence-corrected chi connectivity index (χ0v) is 7.65. The molecule has 0 aliphatic carbocycles. The number of amides is 2. The van der Waals surface area contributed by atoms with Crippen molar-refractivity contribution in [3.8, 4) is 0 Å². The molecule has 0 atom stereocenters. The fourth-order valence-electron chi connectivity index (χ4n) is 0.737. The molecule has 1 aromatic heterocycles. The summed E-state index contributed by atoms with van der Waals surface area (Å²) in [4.78, 5) is 29.2. The smallest absolute Gasteiger partial charge is 0.246 e. The Bertz CT molecular complexity index is 325. The van der Waals surface area contributed by atoms with Crippen molar-refractivity contribution >= 4 is 17.8 Å². The standard InChI is InChI=1S/C8H10N4O2/c1-6(13)11-5-7(14)12-8-9-3-2-4-10-8/h2-4H,5H2,1H3,(H,11,13)(H,9,10,12,14). The molecule has 0 fully saturated rings. The Balaban J connectivity index is 2.38. The Morgan fingerprint density at radius 3 is 2.57 bits per heavy atom. The quantitative estimate of drug-likeness (QED) is 0.682. The Hall–Kier alpha value is -1.98. The summed E-state index contributed by atoms with van der Waals surface area (Å²) < 4.78 is 0. The number of carbonyl (C=O) groups excluding carboxylic acids is 2. The molecule has 74 valence electrons. The van der Waals surface area contributed by atoms with Gasteiger partial charge in [0, 0.05) is 19.3 Å². The lowest BCUT2D eigenvalue weighted by molar-refractivity contribution is -0.122. The summed E-state index contributed by atoms with van der Waals surface area (Å²) in [5, 5.41) is 4.78. The first-order valence-corrected chi connectivity index (χ1v) is 4.00. The highest BCUT2D eigenvalue weighted by Crippen LogP contribution is 1.92. The molecule has 6 heteroatoms. The van der Waals surface area contributed by atoms with Gasteiger partial charge in [0.25, 0.3) is 0 Å². The van der Waals surface area contributed by atoms with Gasteiger partial charge in [0.15, 0.2) is 0 Å². The SMILES string of the molecule is CC(=O)NCC(=O)Nc1ncccn1. The fourth-order valence-corrected chi connectivity index (χ4v) is 0.737. The summed E-state index contributed by atoms with van der Waals surface area (Å²) >= 11 is 0. The molecule has 0 saturated carbocycles. The van der Waals surface area contributed by atoms with E-state index in [9.17, 15) is 9.59 Å². The van der Waals surface area contributed by atoms with Crippen molar-refractivity contribution in [2.45, 2.75) is 6.92 Å². The molecule has 0 saturated heterocycles. The number of hydrogen-bond donors (Lipinski definition) is 2. The van der Waals surface area contributed by atoms with Gasteiger partial charge in [-0.05, 0) is 6.07 Å². The second-order valence-corrected chi connectivity index (χ2v) is 2.53. The number of aromatic nitrogens is 2. The average Bonchev–Trinajstić information content (AvgIpc) is 2.16. The normalized spacial score (nSPS) is 9.21. The first-order valence-electron chi connectivity index (χ1n) is 4.00. The van der Waals surface area contributed by atoms with Gasteiger partial charge >= 0.3 is 0 Å². The lowest BCUT2D eigenvalue weighted by Crippen LogP contribution is -2.31. The number of hydrogen-bond acceptors (Lipinski definition) is 4. The first kappa shape index (κ1) is 10.1. The van der Waals surface area contributed by atoms with Crippen LogP contribution < -0.4 is 10.6 Å². The summed E-state index contributed by atoms with van der Waals surface area (Å²) in [6, 6.07) is 1.64. The van der Waals surface area contributed by atoms with Crippen LogP contribution in [-0.4, -0.2) is 28.3 Å². The fraction of sp³-hybridized carbons (Fsp3) is 0.250. The Morgan fingerprint density at radius 2 is 2.00 bits per heavy atom. The van der Waals surface area contributed by atoms with E-state index in [1.165, 1.54) is 19.3 Å². The van der Waals surface area contributed by atoms with Gasteiger partial charge in [0.05, 0.1) is 6.54 Å². The van der Waals surface area contributed by atoms with Gasteiger partial charge in [-0.1, -0.05) is 0 Å². The van der Waals surface area contributed by atoms with Crippen molar-refractivity contribution in [3.63, 3.8) is 0 Å². The second kappa shape index (κ2) is 4.90. The lowest BCUT2D eigenvalue weighted by atomic mass is 10.5. The Kier molecular flexibility index (Phi) is 3.54. The van der Waals surface area contributed by atoms with E-state index in [1.807, 2.05) is 0 Å². The van der Waals surface area contributed by atoms with Gasteiger partial charge in [-0.3, -0.25) is 14.9 Å². The second-order valence-electron chi connectivity index (χ2n) is 2.53. The molecule has 14 heavy (non-hydrogen) atoms.